The monoisotopic (exact) mass is 296 g/mol. The highest BCUT2D eigenvalue weighted by Crippen LogP contribution is 2.27. The summed E-state index contributed by atoms with van der Waals surface area (Å²) in [5.74, 6) is -0.534. The summed E-state index contributed by atoms with van der Waals surface area (Å²) in [7, 11) is -5.08. The number of carbonyl (C=O) groups is 1. The van der Waals surface area contributed by atoms with Gasteiger partial charge in [0, 0.05) is 5.56 Å². The molecular formula is C8H6BrFO4S. The van der Waals surface area contributed by atoms with Gasteiger partial charge in [0.05, 0.1) is 4.47 Å². The minimum atomic E-state index is -5.08. The van der Waals surface area contributed by atoms with E-state index in [1.165, 1.54) is 19.1 Å². The zero-order valence-corrected chi connectivity index (χ0v) is 9.93. The number of Topliss-reactive ketones (excluding diaryl/α,β-unsaturated/α-hetero) is 1. The van der Waals surface area contributed by atoms with Crippen LogP contribution in [0.4, 0.5) is 3.89 Å². The number of rotatable bonds is 3. The number of halogens is 2. The Hall–Kier alpha value is -0.950. The molecule has 15 heavy (non-hydrogen) atoms. The minimum absolute atomic E-state index is 0.233. The minimum Gasteiger partial charge on any atom is -0.357 e. The maximum atomic E-state index is 12.2. The van der Waals surface area contributed by atoms with E-state index in [9.17, 15) is 17.1 Å². The van der Waals surface area contributed by atoms with Gasteiger partial charge in [-0.2, -0.15) is 8.42 Å². The van der Waals surface area contributed by atoms with Crippen LogP contribution in [0.15, 0.2) is 22.7 Å². The highest BCUT2D eigenvalue weighted by atomic mass is 79.9. The van der Waals surface area contributed by atoms with Gasteiger partial charge in [0.15, 0.2) is 11.5 Å². The molecule has 1 aromatic rings. The molecule has 0 aliphatic heterocycles. The molecule has 0 aliphatic rings. The third-order valence-corrected chi connectivity index (χ3v) is 2.56. The molecule has 0 saturated heterocycles. The molecule has 0 aromatic heterocycles. The van der Waals surface area contributed by atoms with Gasteiger partial charge in [0.25, 0.3) is 0 Å². The van der Waals surface area contributed by atoms with E-state index in [1.54, 1.807) is 0 Å². The first-order chi connectivity index (χ1) is 6.79. The van der Waals surface area contributed by atoms with Crippen LogP contribution in [-0.2, 0) is 10.5 Å². The lowest BCUT2D eigenvalue weighted by Crippen LogP contribution is -2.03. The summed E-state index contributed by atoms with van der Waals surface area (Å²) in [4.78, 5) is 11.0. The second-order valence-electron chi connectivity index (χ2n) is 2.68. The predicted molar refractivity (Wildman–Crippen MR) is 54.8 cm³/mol. The summed E-state index contributed by atoms with van der Waals surface area (Å²) in [6.45, 7) is 1.30. The van der Waals surface area contributed by atoms with Crippen molar-refractivity contribution in [2.75, 3.05) is 0 Å². The number of hydrogen-bond donors (Lipinski definition) is 0. The molecule has 1 aromatic carbocycles. The summed E-state index contributed by atoms with van der Waals surface area (Å²) < 4.78 is 37.0. The van der Waals surface area contributed by atoms with E-state index in [1.807, 2.05) is 0 Å². The largest absolute Gasteiger partial charge is 0.488 e. The first kappa shape index (κ1) is 12.1. The maximum absolute atomic E-state index is 12.2. The molecule has 0 bridgehead atoms. The van der Waals surface area contributed by atoms with Crippen LogP contribution in [0.1, 0.15) is 17.3 Å². The molecule has 0 saturated carbocycles. The lowest BCUT2D eigenvalue weighted by Gasteiger charge is -2.04. The number of ketones is 1. The van der Waals surface area contributed by atoms with Gasteiger partial charge in [-0.25, -0.2) is 0 Å². The zero-order chi connectivity index (χ0) is 11.6. The average molecular weight is 297 g/mol. The van der Waals surface area contributed by atoms with Gasteiger partial charge < -0.3 is 4.18 Å². The van der Waals surface area contributed by atoms with Crippen LogP contribution in [0.3, 0.4) is 0 Å². The van der Waals surface area contributed by atoms with E-state index in [2.05, 4.69) is 20.1 Å². The Morgan fingerprint density at radius 1 is 1.47 bits per heavy atom. The molecular weight excluding hydrogens is 291 g/mol. The third kappa shape index (κ3) is 3.60. The third-order valence-electron chi connectivity index (χ3n) is 1.53. The van der Waals surface area contributed by atoms with E-state index in [-0.39, 0.29) is 21.6 Å². The smallest absolute Gasteiger partial charge is 0.357 e. The fourth-order valence-electron chi connectivity index (χ4n) is 0.893. The van der Waals surface area contributed by atoms with Crippen molar-refractivity contribution >= 4 is 32.2 Å². The first-order valence-electron chi connectivity index (χ1n) is 3.74. The fraction of sp³-hybridized carbons (Fsp3) is 0.125. The van der Waals surface area contributed by atoms with Crippen molar-refractivity contribution in [3.63, 3.8) is 0 Å². The number of benzene rings is 1. The van der Waals surface area contributed by atoms with E-state index in [4.69, 9.17) is 0 Å². The van der Waals surface area contributed by atoms with Gasteiger partial charge in [-0.15, -0.1) is 0 Å². The fourth-order valence-corrected chi connectivity index (χ4v) is 1.68. The van der Waals surface area contributed by atoms with Gasteiger partial charge >= 0.3 is 10.5 Å². The normalized spacial score (nSPS) is 11.1. The molecule has 82 valence electrons. The molecule has 0 fully saturated rings. The molecule has 0 unspecified atom stereocenters. The van der Waals surface area contributed by atoms with Crippen molar-refractivity contribution in [2.45, 2.75) is 6.92 Å². The summed E-state index contributed by atoms with van der Waals surface area (Å²) in [6.07, 6.45) is 0. The van der Waals surface area contributed by atoms with Gasteiger partial charge in [0.1, 0.15) is 0 Å². The molecule has 0 amide bonds. The van der Waals surface area contributed by atoms with Crippen LogP contribution in [0, 0.1) is 0 Å². The van der Waals surface area contributed by atoms with Gasteiger partial charge in [-0.3, -0.25) is 4.79 Å². The highest BCUT2D eigenvalue weighted by molar-refractivity contribution is 9.10. The molecule has 4 nitrogen and oxygen atoms in total. The van der Waals surface area contributed by atoms with Crippen LogP contribution < -0.4 is 4.18 Å². The van der Waals surface area contributed by atoms with Crippen molar-refractivity contribution in [3.8, 4) is 5.75 Å². The van der Waals surface area contributed by atoms with E-state index in [0.29, 0.717) is 0 Å². The summed E-state index contributed by atoms with van der Waals surface area (Å²) >= 11 is 2.96. The Balaban J connectivity index is 3.17. The predicted octanol–water partition coefficient (Wildman–Crippen LogP) is 2.24. The van der Waals surface area contributed by atoms with Crippen LogP contribution >= 0.6 is 15.9 Å². The van der Waals surface area contributed by atoms with Crippen molar-refractivity contribution < 1.29 is 21.3 Å². The average Bonchev–Trinajstić information content (AvgIpc) is 2.06. The summed E-state index contributed by atoms with van der Waals surface area (Å²) in [5.41, 5.74) is 0.233. The number of hydrogen-bond acceptors (Lipinski definition) is 4. The van der Waals surface area contributed by atoms with Crippen LogP contribution in [0.2, 0.25) is 0 Å². The standard InChI is InChI=1S/C8H6BrFO4S/c1-5(11)6-2-3-7(9)8(4-6)14-15(10,12)13/h2-4H,1H3. The Morgan fingerprint density at radius 3 is 2.53 bits per heavy atom. The Kier molecular flexibility index (Phi) is 3.46. The molecule has 0 heterocycles. The Labute approximate surface area is 94.6 Å². The topological polar surface area (TPSA) is 60.4 Å². The lowest BCUT2D eigenvalue weighted by molar-refractivity contribution is 0.101. The molecule has 0 N–H and O–H groups in total. The van der Waals surface area contributed by atoms with Crippen molar-refractivity contribution in [1.82, 2.24) is 0 Å². The van der Waals surface area contributed by atoms with Crippen molar-refractivity contribution in [2.24, 2.45) is 0 Å². The Morgan fingerprint density at radius 2 is 2.07 bits per heavy atom. The summed E-state index contributed by atoms with van der Waals surface area (Å²) in [5, 5.41) is 0. The van der Waals surface area contributed by atoms with Crippen LogP contribution in [0.5, 0.6) is 5.75 Å². The lowest BCUT2D eigenvalue weighted by atomic mass is 10.1. The molecule has 1 rings (SSSR count). The zero-order valence-electron chi connectivity index (χ0n) is 7.53. The molecule has 0 atom stereocenters. The van der Waals surface area contributed by atoms with Gasteiger partial charge in [-0.1, -0.05) is 9.95 Å². The van der Waals surface area contributed by atoms with Crippen LogP contribution in [0.25, 0.3) is 0 Å². The van der Waals surface area contributed by atoms with E-state index < -0.39 is 10.5 Å². The Bertz CT molecular complexity index is 497. The molecule has 0 aliphatic carbocycles. The first-order valence-corrected chi connectivity index (χ1v) is 5.84. The van der Waals surface area contributed by atoms with Gasteiger partial charge in [-0.05, 0) is 35.0 Å². The molecule has 0 radical (unpaired) electrons. The maximum Gasteiger partial charge on any atom is 0.488 e. The van der Waals surface area contributed by atoms with Crippen LogP contribution in [-0.4, -0.2) is 14.2 Å². The van der Waals surface area contributed by atoms with Crippen molar-refractivity contribution in [1.29, 1.82) is 0 Å². The van der Waals surface area contributed by atoms with Gasteiger partial charge in [0.2, 0.25) is 0 Å². The number of carbonyl (C=O) groups excluding carboxylic acids is 1. The van der Waals surface area contributed by atoms with Crippen molar-refractivity contribution in [3.05, 3.63) is 28.2 Å². The van der Waals surface area contributed by atoms with E-state index in [0.717, 1.165) is 6.07 Å². The quantitative estimate of drug-likeness (QED) is 0.634. The highest BCUT2D eigenvalue weighted by Gasteiger charge is 2.14. The summed E-state index contributed by atoms with van der Waals surface area (Å²) in [6, 6.07) is 4.00. The van der Waals surface area contributed by atoms with E-state index >= 15 is 0 Å². The second-order valence-corrected chi connectivity index (χ2v) is 4.49. The molecule has 0 spiro atoms. The molecule has 7 heteroatoms. The SMILES string of the molecule is CC(=O)c1ccc(Br)c(OS(=O)(=O)F)c1. The second kappa shape index (κ2) is 4.28.